The SMILES string of the molecule is CC1(CC2(C)C3CCCCC3C3CCCCC32)C2CCCCC2C2CCCCC21. The molecule has 6 aliphatic rings. The van der Waals surface area contributed by atoms with Crippen LogP contribution in [0.25, 0.3) is 0 Å². The largest absolute Gasteiger partial charge is 0.0591 e. The lowest BCUT2D eigenvalue weighted by molar-refractivity contribution is -0.0152. The third-order valence-electron chi connectivity index (χ3n) is 12.5. The van der Waals surface area contributed by atoms with Gasteiger partial charge in [0.1, 0.15) is 0 Å². The fourth-order valence-corrected chi connectivity index (χ4v) is 11.9. The standard InChI is InChI=1S/C29H48/c1-28(24-15-7-3-11-20(24)21-12-4-8-16-25(21)28)19-29(2)26-17-9-5-13-22(26)23-14-6-10-18-27(23)29/h20-27H,3-19H2,1-2H3. The number of hydrogen-bond acceptors (Lipinski definition) is 0. The highest BCUT2D eigenvalue weighted by molar-refractivity contribution is 5.13. The fourth-order valence-electron chi connectivity index (χ4n) is 11.9. The van der Waals surface area contributed by atoms with E-state index >= 15 is 0 Å². The maximum absolute atomic E-state index is 2.87. The molecule has 6 rings (SSSR count). The van der Waals surface area contributed by atoms with Crippen LogP contribution in [-0.4, -0.2) is 0 Å². The third kappa shape index (κ3) is 2.81. The predicted octanol–water partition coefficient (Wildman–Crippen LogP) is 8.64. The van der Waals surface area contributed by atoms with Gasteiger partial charge in [-0.15, -0.1) is 0 Å². The second-order valence-corrected chi connectivity index (χ2v) is 13.4. The first-order valence-electron chi connectivity index (χ1n) is 14.1. The molecule has 0 heterocycles. The van der Waals surface area contributed by atoms with Crippen molar-refractivity contribution in [3.63, 3.8) is 0 Å². The first-order valence-corrected chi connectivity index (χ1v) is 14.1. The van der Waals surface area contributed by atoms with Gasteiger partial charge >= 0.3 is 0 Å². The molecule has 0 spiro atoms. The fraction of sp³-hybridized carbons (Fsp3) is 1.00. The van der Waals surface area contributed by atoms with E-state index in [0.29, 0.717) is 10.8 Å². The maximum Gasteiger partial charge on any atom is -0.0258 e. The molecule has 0 heteroatoms. The van der Waals surface area contributed by atoms with Crippen molar-refractivity contribution in [1.82, 2.24) is 0 Å². The molecular formula is C29H48. The van der Waals surface area contributed by atoms with Gasteiger partial charge in [0.2, 0.25) is 0 Å². The van der Waals surface area contributed by atoms with E-state index in [4.69, 9.17) is 0 Å². The van der Waals surface area contributed by atoms with Gasteiger partial charge in [0.15, 0.2) is 0 Å². The average molecular weight is 397 g/mol. The highest BCUT2D eigenvalue weighted by Gasteiger charge is 2.64. The zero-order valence-electron chi connectivity index (χ0n) is 19.6. The van der Waals surface area contributed by atoms with Crippen LogP contribution in [0.4, 0.5) is 0 Å². The molecular weight excluding hydrogens is 348 g/mol. The molecule has 0 radical (unpaired) electrons. The summed E-state index contributed by atoms with van der Waals surface area (Å²) in [5, 5.41) is 0. The van der Waals surface area contributed by atoms with Gasteiger partial charge in [-0.3, -0.25) is 0 Å². The topological polar surface area (TPSA) is 0 Å². The lowest BCUT2D eigenvalue weighted by Crippen LogP contribution is -2.43. The van der Waals surface area contributed by atoms with E-state index in [1.54, 1.807) is 109 Å². The Morgan fingerprint density at radius 1 is 0.414 bits per heavy atom. The van der Waals surface area contributed by atoms with Crippen LogP contribution in [0.5, 0.6) is 0 Å². The first kappa shape index (κ1) is 19.7. The highest BCUT2D eigenvalue weighted by atomic mass is 14.7. The monoisotopic (exact) mass is 396 g/mol. The van der Waals surface area contributed by atoms with E-state index in [9.17, 15) is 0 Å². The van der Waals surface area contributed by atoms with Gasteiger partial charge in [-0.25, -0.2) is 0 Å². The Morgan fingerprint density at radius 2 is 0.655 bits per heavy atom. The number of fused-ring (bicyclic) bond motifs is 6. The predicted molar refractivity (Wildman–Crippen MR) is 123 cm³/mol. The van der Waals surface area contributed by atoms with E-state index < -0.39 is 0 Å². The van der Waals surface area contributed by atoms with Crippen LogP contribution >= 0.6 is 0 Å². The lowest BCUT2D eigenvalue weighted by Gasteiger charge is -2.50. The molecule has 6 aliphatic carbocycles. The van der Waals surface area contributed by atoms with Crippen LogP contribution in [0, 0.1) is 58.2 Å². The van der Waals surface area contributed by atoms with Gasteiger partial charge in [0, 0.05) is 0 Å². The summed E-state index contributed by atoms with van der Waals surface area (Å²) in [5.41, 5.74) is 1.36. The summed E-state index contributed by atoms with van der Waals surface area (Å²) in [5.74, 6) is 8.83. The van der Waals surface area contributed by atoms with Crippen LogP contribution in [0.3, 0.4) is 0 Å². The number of rotatable bonds is 2. The molecule has 0 nitrogen and oxygen atoms in total. The van der Waals surface area contributed by atoms with E-state index in [1.165, 1.54) is 0 Å². The summed E-state index contributed by atoms with van der Waals surface area (Å²) in [6.07, 6.45) is 26.7. The summed E-state index contributed by atoms with van der Waals surface area (Å²) in [4.78, 5) is 0. The molecule has 29 heavy (non-hydrogen) atoms. The van der Waals surface area contributed by atoms with Crippen molar-refractivity contribution in [2.24, 2.45) is 58.2 Å². The summed E-state index contributed by atoms with van der Waals surface area (Å²) < 4.78 is 0. The van der Waals surface area contributed by atoms with E-state index in [0.717, 1.165) is 47.3 Å². The molecule has 0 saturated heterocycles. The van der Waals surface area contributed by atoms with Crippen LogP contribution in [0.15, 0.2) is 0 Å². The van der Waals surface area contributed by atoms with Crippen molar-refractivity contribution in [2.45, 2.75) is 123 Å². The molecule has 6 saturated carbocycles. The minimum absolute atomic E-state index is 0.680. The molecule has 0 aromatic rings. The first-order chi connectivity index (χ1) is 14.1. The smallest absolute Gasteiger partial charge is 0.0258 e. The summed E-state index contributed by atoms with van der Waals surface area (Å²) in [6, 6.07) is 0. The number of hydrogen-bond donors (Lipinski definition) is 0. The van der Waals surface area contributed by atoms with Crippen LogP contribution < -0.4 is 0 Å². The Morgan fingerprint density at radius 3 is 0.931 bits per heavy atom. The lowest BCUT2D eigenvalue weighted by atomic mass is 9.54. The zero-order valence-corrected chi connectivity index (χ0v) is 19.6. The molecule has 0 aliphatic heterocycles. The Kier molecular flexibility index (Phi) is 4.93. The van der Waals surface area contributed by atoms with Gasteiger partial charge < -0.3 is 0 Å². The molecule has 0 amide bonds. The average Bonchev–Trinajstić information content (AvgIpc) is 3.17. The van der Waals surface area contributed by atoms with Crippen LogP contribution in [0.2, 0.25) is 0 Å². The molecule has 0 bridgehead atoms. The minimum Gasteiger partial charge on any atom is -0.0591 e. The molecule has 164 valence electrons. The van der Waals surface area contributed by atoms with Crippen molar-refractivity contribution in [3.05, 3.63) is 0 Å². The molecule has 8 unspecified atom stereocenters. The molecule has 8 atom stereocenters. The van der Waals surface area contributed by atoms with Gasteiger partial charge in [-0.05, 0) is 116 Å². The molecule has 0 aromatic carbocycles. The second-order valence-electron chi connectivity index (χ2n) is 13.4. The normalized spacial score (nSPS) is 56.9. The summed E-state index contributed by atoms with van der Waals surface area (Å²) in [6.45, 7) is 5.73. The van der Waals surface area contributed by atoms with Crippen molar-refractivity contribution in [3.8, 4) is 0 Å². The van der Waals surface area contributed by atoms with Gasteiger partial charge in [0.25, 0.3) is 0 Å². The Hall–Kier alpha value is 0. The van der Waals surface area contributed by atoms with Crippen LogP contribution in [-0.2, 0) is 0 Å². The highest BCUT2D eigenvalue weighted by Crippen LogP contribution is 2.71. The van der Waals surface area contributed by atoms with Crippen LogP contribution in [0.1, 0.15) is 123 Å². The molecule has 0 N–H and O–H groups in total. The van der Waals surface area contributed by atoms with Gasteiger partial charge in [-0.1, -0.05) is 65.2 Å². The van der Waals surface area contributed by atoms with Crippen molar-refractivity contribution in [2.75, 3.05) is 0 Å². The van der Waals surface area contributed by atoms with Gasteiger partial charge in [0.05, 0.1) is 0 Å². The summed E-state index contributed by atoms with van der Waals surface area (Å²) >= 11 is 0. The quantitative estimate of drug-likeness (QED) is 0.438. The van der Waals surface area contributed by atoms with E-state index in [1.807, 2.05) is 0 Å². The van der Waals surface area contributed by atoms with Crippen molar-refractivity contribution in [1.29, 1.82) is 0 Å². The Balaban J connectivity index is 1.36. The Labute approximate surface area is 181 Å². The third-order valence-corrected chi connectivity index (χ3v) is 12.5. The molecule has 6 fully saturated rings. The van der Waals surface area contributed by atoms with E-state index in [-0.39, 0.29) is 0 Å². The van der Waals surface area contributed by atoms with E-state index in [2.05, 4.69) is 13.8 Å². The zero-order chi connectivity index (χ0) is 19.6. The minimum atomic E-state index is 0.680. The maximum atomic E-state index is 2.87. The van der Waals surface area contributed by atoms with Crippen molar-refractivity contribution < 1.29 is 0 Å². The Bertz CT molecular complexity index is 507. The molecule has 0 aromatic heterocycles. The van der Waals surface area contributed by atoms with Crippen molar-refractivity contribution >= 4 is 0 Å². The summed E-state index contributed by atoms with van der Waals surface area (Å²) in [7, 11) is 0. The van der Waals surface area contributed by atoms with Gasteiger partial charge in [-0.2, -0.15) is 0 Å². The second kappa shape index (κ2) is 7.27.